The fourth-order valence-electron chi connectivity index (χ4n) is 4.71. The van der Waals surface area contributed by atoms with Gasteiger partial charge in [-0.15, -0.1) is 0 Å². The molecule has 2 unspecified atom stereocenters. The van der Waals surface area contributed by atoms with E-state index in [1.54, 1.807) is 32.4 Å². The van der Waals surface area contributed by atoms with Crippen LogP contribution >= 0.6 is 23.2 Å². The molecule has 0 saturated carbocycles. The quantitative estimate of drug-likeness (QED) is 0.535. The molecule has 1 amide bonds. The second-order valence-electron chi connectivity index (χ2n) is 8.38. The molecule has 0 aliphatic carbocycles. The summed E-state index contributed by atoms with van der Waals surface area (Å²) in [4.78, 5) is 17.9. The van der Waals surface area contributed by atoms with Crippen LogP contribution in [0.15, 0.2) is 48.2 Å². The van der Waals surface area contributed by atoms with Gasteiger partial charge in [0.25, 0.3) is 5.91 Å². The first-order valence-electron chi connectivity index (χ1n) is 10.8. The van der Waals surface area contributed by atoms with Crippen molar-refractivity contribution >= 4 is 29.1 Å². The van der Waals surface area contributed by atoms with Gasteiger partial charge in [0.05, 0.1) is 14.2 Å². The van der Waals surface area contributed by atoms with Crippen LogP contribution < -0.4 is 9.47 Å². The zero-order valence-electron chi connectivity index (χ0n) is 18.6. The topological polar surface area (TPSA) is 42.0 Å². The number of benzene rings is 2. The maximum absolute atomic E-state index is 13.6. The minimum absolute atomic E-state index is 0.0786. The summed E-state index contributed by atoms with van der Waals surface area (Å²) in [5.41, 5.74) is 2.65. The number of ether oxygens (including phenoxy) is 2. The molecule has 0 aromatic heterocycles. The summed E-state index contributed by atoms with van der Waals surface area (Å²) < 4.78 is 10.8. The summed E-state index contributed by atoms with van der Waals surface area (Å²) in [6, 6.07) is 11.7. The van der Waals surface area contributed by atoms with E-state index in [0.29, 0.717) is 52.2 Å². The highest BCUT2D eigenvalue weighted by molar-refractivity contribution is 6.35. The van der Waals surface area contributed by atoms with E-state index in [2.05, 4.69) is 18.0 Å². The molecule has 0 N–H and O–H groups in total. The molecule has 0 spiro atoms. The van der Waals surface area contributed by atoms with E-state index in [4.69, 9.17) is 32.7 Å². The van der Waals surface area contributed by atoms with Crippen molar-refractivity contribution in [3.8, 4) is 11.5 Å². The Bertz CT molecular complexity index is 1020. The lowest BCUT2D eigenvalue weighted by molar-refractivity contribution is 0.0787. The van der Waals surface area contributed by atoms with E-state index >= 15 is 0 Å². The molecular formula is C25H28Cl2N2O3. The average Bonchev–Trinajstić information content (AvgIpc) is 2.98. The van der Waals surface area contributed by atoms with Gasteiger partial charge in [0.2, 0.25) is 0 Å². The minimum atomic E-state index is -0.0786. The summed E-state index contributed by atoms with van der Waals surface area (Å²) >= 11 is 12.4. The summed E-state index contributed by atoms with van der Waals surface area (Å²) in [5.74, 6) is 1.29. The Balaban J connectivity index is 1.62. The molecule has 5 nitrogen and oxygen atoms in total. The molecule has 170 valence electrons. The summed E-state index contributed by atoms with van der Waals surface area (Å²) in [6.45, 7) is 0.549. The molecule has 2 aliphatic rings. The zero-order chi connectivity index (χ0) is 22.8. The molecule has 0 radical (unpaired) electrons. The number of carbonyl (C=O) groups is 1. The first-order chi connectivity index (χ1) is 15.4. The van der Waals surface area contributed by atoms with E-state index in [1.807, 2.05) is 23.1 Å². The molecule has 4 rings (SSSR count). The highest BCUT2D eigenvalue weighted by atomic mass is 35.5. The van der Waals surface area contributed by atoms with Crippen LogP contribution in [-0.2, 0) is 6.42 Å². The first-order valence-corrected chi connectivity index (χ1v) is 11.6. The van der Waals surface area contributed by atoms with E-state index in [1.165, 1.54) is 0 Å². The molecule has 2 heterocycles. The second kappa shape index (κ2) is 9.74. The lowest BCUT2D eigenvalue weighted by atomic mass is 10.0. The average molecular weight is 475 g/mol. The number of fused-ring (bicyclic) bond motifs is 2. The maximum Gasteiger partial charge on any atom is 0.258 e. The largest absolute Gasteiger partial charge is 0.493 e. The summed E-state index contributed by atoms with van der Waals surface area (Å²) in [6.07, 6.45) is 6.08. The van der Waals surface area contributed by atoms with Gasteiger partial charge in [0.15, 0.2) is 11.5 Å². The normalized spacial score (nSPS) is 20.1. The molecule has 2 atom stereocenters. The van der Waals surface area contributed by atoms with Gasteiger partial charge in [-0.3, -0.25) is 9.69 Å². The standard InChI is InChI=1S/C25H28Cl2N2O3/c1-28-20-5-6-21(28)15-22(14-20)29(25(30)17-11-18(26)13-19(27)12-17)9-8-16-4-7-23(31-2)24(10-16)32-3/h4,7,10-14,20-21H,5-6,8-9,15H2,1-3H3. The van der Waals surface area contributed by atoms with Crippen molar-refractivity contribution in [1.29, 1.82) is 0 Å². The van der Waals surface area contributed by atoms with Gasteiger partial charge in [0.1, 0.15) is 0 Å². The van der Waals surface area contributed by atoms with Crippen LogP contribution in [0.4, 0.5) is 0 Å². The van der Waals surface area contributed by atoms with Gasteiger partial charge in [-0.25, -0.2) is 0 Å². The predicted molar refractivity (Wildman–Crippen MR) is 128 cm³/mol. The number of amides is 1. The SMILES string of the molecule is COc1ccc(CCN(C(=O)c2cc(Cl)cc(Cl)c2)C2=CC3CCC(C2)N3C)cc1OC. The predicted octanol–water partition coefficient (Wildman–Crippen LogP) is 5.45. The Morgan fingerprint density at radius 2 is 1.78 bits per heavy atom. The lowest BCUT2D eigenvalue weighted by Gasteiger charge is -2.35. The van der Waals surface area contributed by atoms with E-state index in [9.17, 15) is 4.79 Å². The Labute approximate surface area is 199 Å². The number of carbonyl (C=O) groups excluding carboxylic acids is 1. The molecule has 32 heavy (non-hydrogen) atoms. The van der Waals surface area contributed by atoms with Gasteiger partial charge < -0.3 is 14.4 Å². The molecule has 2 aliphatic heterocycles. The third-order valence-corrected chi connectivity index (χ3v) is 6.93. The van der Waals surface area contributed by atoms with Crippen molar-refractivity contribution in [3.05, 3.63) is 69.3 Å². The third-order valence-electron chi connectivity index (χ3n) is 6.50. The first kappa shape index (κ1) is 23.0. The molecule has 1 fully saturated rings. The van der Waals surface area contributed by atoms with Crippen LogP contribution in [0.1, 0.15) is 35.2 Å². The number of hydrogen-bond donors (Lipinski definition) is 0. The van der Waals surface area contributed by atoms with Crippen LogP contribution in [0.5, 0.6) is 11.5 Å². The number of methoxy groups -OCH3 is 2. The van der Waals surface area contributed by atoms with Crippen LogP contribution in [0.3, 0.4) is 0 Å². The number of likely N-dealkylation sites (N-methyl/N-ethyl adjacent to an activating group) is 1. The van der Waals surface area contributed by atoms with Crippen molar-refractivity contribution in [2.45, 2.75) is 37.8 Å². The van der Waals surface area contributed by atoms with Crippen LogP contribution in [0.2, 0.25) is 10.0 Å². The Morgan fingerprint density at radius 1 is 1.06 bits per heavy atom. The van der Waals surface area contributed by atoms with Gasteiger partial charge >= 0.3 is 0 Å². The summed E-state index contributed by atoms with van der Waals surface area (Å²) in [5, 5.41) is 0.913. The lowest BCUT2D eigenvalue weighted by Crippen LogP contribution is -2.41. The Hall–Kier alpha value is -2.21. The van der Waals surface area contributed by atoms with E-state index in [-0.39, 0.29) is 5.91 Å². The fraction of sp³-hybridized carbons (Fsp3) is 0.400. The molecular weight excluding hydrogens is 447 g/mol. The molecule has 2 bridgehead atoms. The second-order valence-corrected chi connectivity index (χ2v) is 9.25. The summed E-state index contributed by atoms with van der Waals surface area (Å²) in [7, 11) is 5.41. The number of rotatable bonds is 7. The monoisotopic (exact) mass is 474 g/mol. The van der Waals surface area contributed by atoms with Crippen molar-refractivity contribution in [1.82, 2.24) is 9.80 Å². The third kappa shape index (κ3) is 4.75. The zero-order valence-corrected chi connectivity index (χ0v) is 20.1. The van der Waals surface area contributed by atoms with Gasteiger partial charge in [0, 0.05) is 46.4 Å². The highest BCUT2D eigenvalue weighted by Gasteiger charge is 2.36. The van der Waals surface area contributed by atoms with E-state index in [0.717, 1.165) is 30.5 Å². The fourth-order valence-corrected chi connectivity index (χ4v) is 5.23. The molecule has 1 saturated heterocycles. The minimum Gasteiger partial charge on any atom is -0.493 e. The molecule has 2 aromatic rings. The van der Waals surface area contributed by atoms with Crippen molar-refractivity contribution < 1.29 is 14.3 Å². The van der Waals surface area contributed by atoms with Crippen LogP contribution in [0, 0.1) is 0 Å². The van der Waals surface area contributed by atoms with Crippen LogP contribution in [-0.4, -0.2) is 55.6 Å². The van der Waals surface area contributed by atoms with Gasteiger partial charge in [-0.1, -0.05) is 29.3 Å². The highest BCUT2D eigenvalue weighted by Crippen LogP contribution is 2.36. The maximum atomic E-state index is 13.6. The van der Waals surface area contributed by atoms with Crippen molar-refractivity contribution in [3.63, 3.8) is 0 Å². The van der Waals surface area contributed by atoms with Gasteiger partial charge in [-0.2, -0.15) is 0 Å². The molecule has 2 aromatic carbocycles. The smallest absolute Gasteiger partial charge is 0.258 e. The molecule has 7 heteroatoms. The van der Waals surface area contributed by atoms with Crippen molar-refractivity contribution in [2.75, 3.05) is 27.8 Å². The number of nitrogens with zero attached hydrogens (tertiary/aromatic N) is 2. The Morgan fingerprint density at radius 3 is 2.44 bits per heavy atom. The number of hydrogen-bond acceptors (Lipinski definition) is 4. The number of halogens is 2. The van der Waals surface area contributed by atoms with E-state index < -0.39 is 0 Å². The van der Waals surface area contributed by atoms with Gasteiger partial charge in [-0.05, 0) is 68.3 Å². The van der Waals surface area contributed by atoms with Crippen molar-refractivity contribution in [2.24, 2.45) is 0 Å². The van der Waals surface area contributed by atoms with Crippen LogP contribution in [0.25, 0.3) is 0 Å². The Kier molecular flexibility index (Phi) is 6.99.